The van der Waals surface area contributed by atoms with Crippen molar-refractivity contribution in [1.29, 1.82) is 0 Å². The largest absolute Gasteiger partial charge is 0.493 e. The van der Waals surface area contributed by atoms with Crippen molar-refractivity contribution in [3.05, 3.63) is 95.1 Å². The molecule has 3 rings (SSSR count). The highest BCUT2D eigenvalue weighted by Crippen LogP contribution is 2.29. The molecular weight excluding hydrogens is 394 g/mol. The fourth-order valence-corrected chi connectivity index (χ4v) is 3.29. The monoisotopic (exact) mass is 425 g/mol. The van der Waals surface area contributed by atoms with E-state index < -0.39 is 0 Å². The fraction of sp³-hybridized carbons (Fsp3) is 0.308. The van der Waals surface area contributed by atoms with Crippen LogP contribution in [0.15, 0.2) is 72.8 Å². The van der Waals surface area contributed by atoms with E-state index in [-0.39, 0.29) is 12.4 Å². The number of methoxy groups -OCH3 is 1. The number of benzene rings is 3. The second-order valence-electron chi connectivity index (χ2n) is 7.51. The molecule has 0 aliphatic carbocycles. The summed E-state index contributed by atoms with van der Waals surface area (Å²) in [7, 11) is 1.69. The summed E-state index contributed by atoms with van der Waals surface area (Å²) < 4.78 is 11.6. The second-order valence-corrected chi connectivity index (χ2v) is 7.51. The molecule has 0 aliphatic rings. The van der Waals surface area contributed by atoms with Crippen LogP contribution in [0, 0.1) is 6.92 Å². The molecule has 0 aliphatic heterocycles. The first kappa shape index (κ1) is 23.8. The van der Waals surface area contributed by atoms with Gasteiger partial charge in [-0.2, -0.15) is 0 Å². The quantitative estimate of drug-likeness (QED) is 0.424. The maximum atomic E-state index is 6.02. The number of hydrogen-bond acceptors (Lipinski definition) is 3. The van der Waals surface area contributed by atoms with E-state index in [1.165, 1.54) is 22.3 Å². The van der Waals surface area contributed by atoms with Gasteiger partial charge in [0.15, 0.2) is 11.5 Å². The lowest BCUT2D eigenvalue weighted by atomic mass is 10.1. The van der Waals surface area contributed by atoms with Crippen molar-refractivity contribution in [3.63, 3.8) is 0 Å². The highest BCUT2D eigenvalue weighted by Gasteiger charge is 2.08. The molecule has 0 amide bonds. The zero-order valence-electron chi connectivity index (χ0n) is 18.1. The summed E-state index contributed by atoms with van der Waals surface area (Å²) >= 11 is 0. The summed E-state index contributed by atoms with van der Waals surface area (Å²) in [5, 5.41) is 3.61. The van der Waals surface area contributed by atoms with Gasteiger partial charge in [0, 0.05) is 12.6 Å². The van der Waals surface area contributed by atoms with Crippen LogP contribution in [-0.2, 0) is 19.6 Å². The SMILES string of the molecule is COc1cc(CNC(C)CCc2ccccc2)ccc1OCc1ccccc1C.Cl. The smallest absolute Gasteiger partial charge is 0.161 e. The van der Waals surface area contributed by atoms with E-state index in [1.807, 2.05) is 18.2 Å². The number of ether oxygens (including phenoxy) is 2. The molecule has 0 fully saturated rings. The Morgan fingerprint density at radius 3 is 2.33 bits per heavy atom. The third kappa shape index (κ3) is 7.08. The van der Waals surface area contributed by atoms with Gasteiger partial charge >= 0.3 is 0 Å². The van der Waals surface area contributed by atoms with Crippen LogP contribution in [0.25, 0.3) is 0 Å². The van der Waals surface area contributed by atoms with Gasteiger partial charge in [0.25, 0.3) is 0 Å². The second kappa shape index (κ2) is 12.3. The van der Waals surface area contributed by atoms with Gasteiger partial charge in [0.2, 0.25) is 0 Å². The summed E-state index contributed by atoms with van der Waals surface area (Å²) in [5.74, 6) is 1.55. The van der Waals surface area contributed by atoms with Crippen LogP contribution in [-0.4, -0.2) is 13.2 Å². The van der Waals surface area contributed by atoms with E-state index in [0.29, 0.717) is 12.6 Å². The third-order valence-corrected chi connectivity index (χ3v) is 5.24. The number of halogens is 1. The molecule has 30 heavy (non-hydrogen) atoms. The van der Waals surface area contributed by atoms with Gasteiger partial charge in [0.1, 0.15) is 6.61 Å². The van der Waals surface area contributed by atoms with Crippen LogP contribution in [0.2, 0.25) is 0 Å². The molecule has 3 aromatic rings. The Kier molecular flexibility index (Phi) is 9.72. The summed E-state index contributed by atoms with van der Waals surface area (Å²) in [6.07, 6.45) is 2.20. The van der Waals surface area contributed by atoms with E-state index in [9.17, 15) is 0 Å². The van der Waals surface area contributed by atoms with E-state index in [0.717, 1.165) is 30.9 Å². The van der Waals surface area contributed by atoms with Crippen LogP contribution in [0.4, 0.5) is 0 Å². The van der Waals surface area contributed by atoms with Gasteiger partial charge < -0.3 is 14.8 Å². The van der Waals surface area contributed by atoms with Crippen LogP contribution in [0.3, 0.4) is 0 Å². The molecular formula is C26H32ClNO2. The molecule has 160 valence electrons. The Hall–Kier alpha value is -2.49. The van der Waals surface area contributed by atoms with Gasteiger partial charge in [-0.1, -0.05) is 60.7 Å². The average molecular weight is 426 g/mol. The maximum Gasteiger partial charge on any atom is 0.161 e. The highest BCUT2D eigenvalue weighted by molar-refractivity contribution is 5.85. The third-order valence-electron chi connectivity index (χ3n) is 5.24. The molecule has 0 heterocycles. The van der Waals surface area contributed by atoms with Gasteiger partial charge in [0.05, 0.1) is 7.11 Å². The number of rotatable bonds is 10. The van der Waals surface area contributed by atoms with Crippen molar-refractivity contribution < 1.29 is 9.47 Å². The highest BCUT2D eigenvalue weighted by atomic mass is 35.5. The van der Waals surface area contributed by atoms with Crippen molar-refractivity contribution in [2.75, 3.05) is 7.11 Å². The standard InChI is InChI=1S/C26H31NO2.ClH/c1-20-9-7-8-12-24(20)19-29-25-16-15-23(17-26(25)28-3)18-27-21(2)13-14-22-10-5-4-6-11-22;/h4-12,15-17,21,27H,13-14,18-19H2,1-3H3;1H. The van der Waals surface area contributed by atoms with Crippen LogP contribution in [0.5, 0.6) is 11.5 Å². The molecule has 3 nitrogen and oxygen atoms in total. The minimum Gasteiger partial charge on any atom is -0.493 e. The van der Waals surface area contributed by atoms with Crippen molar-refractivity contribution in [2.24, 2.45) is 0 Å². The fourth-order valence-electron chi connectivity index (χ4n) is 3.29. The number of hydrogen-bond donors (Lipinski definition) is 1. The lowest BCUT2D eigenvalue weighted by Crippen LogP contribution is -2.26. The molecule has 1 unspecified atom stereocenters. The molecule has 0 radical (unpaired) electrons. The predicted molar refractivity (Wildman–Crippen MR) is 127 cm³/mol. The summed E-state index contributed by atoms with van der Waals surface area (Å²) in [5.41, 5.74) is 5.00. The van der Waals surface area contributed by atoms with E-state index >= 15 is 0 Å². The zero-order chi connectivity index (χ0) is 20.5. The molecule has 0 saturated heterocycles. The Labute approximate surface area is 186 Å². The first-order chi connectivity index (χ1) is 14.2. The molecule has 0 aromatic heterocycles. The molecule has 3 aromatic carbocycles. The van der Waals surface area contributed by atoms with Gasteiger partial charge in [-0.3, -0.25) is 0 Å². The maximum absolute atomic E-state index is 6.02. The van der Waals surface area contributed by atoms with Gasteiger partial charge in [-0.05, 0) is 61.1 Å². The van der Waals surface area contributed by atoms with E-state index in [2.05, 4.69) is 73.8 Å². The minimum atomic E-state index is 0. The molecule has 0 saturated carbocycles. The van der Waals surface area contributed by atoms with E-state index in [4.69, 9.17) is 9.47 Å². The zero-order valence-corrected chi connectivity index (χ0v) is 18.9. The Balaban J connectivity index is 0.00000320. The molecule has 4 heteroatoms. The molecule has 1 atom stereocenters. The van der Waals surface area contributed by atoms with Crippen molar-refractivity contribution >= 4 is 12.4 Å². The first-order valence-electron chi connectivity index (χ1n) is 10.3. The normalized spacial score (nSPS) is 11.4. The van der Waals surface area contributed by atoms with Crippen molar-refractivity contribution in [2.45, 2.75) is 45.9 Å². The number of aryl methyl sites for hydroxylation is 2. The molecule has 0 spiro atoms. The van der Waals surface area contributed by atoms with Gasteiger partial charge in [-0.25, -0.2) is 0 Å². The van der Waals surface area contributed by atoms with E-state index in [1.54, 1.807) is 7.11 Å². The summed E-state index contributed by atoms with van der Waals surface area (Å²) in [6, 6.07) is 25.5. The van der Waals surface area contributed by atoms with Crippen LogP contribution in [0.1, 0.15) is 35.6 Å². The van der Waals surface area contributed by atoms with Gasteiger partial charge in [-0.15, -0.1) is 12.4 Å². The molecule has 0 bridgehead atoms. The Bertz CT molecular complexity index is 899. The van der Waals surface area contributed by atoms with Crippen LogP contribution >= 0.6 is 12.4 Å². The van der Waals surface area contributed by atoms with Crippen molar-refractivity contribution in [3.8, 4) is 11.5 Å². The predicted octanol–water partition coefficient (Wildman–Crippen LogP) is 6.12. The minimum absolute atomic E-state index is 0. The Morgan fingerprint density at radius 1 is 0.867 bits per heavy atom. The molecule has 1 N–H and O–H groups in total. The average Bonchev–Trinajstić information content (AvgIpc) is 2.76. The topological polar surface area (TPSA) is 30.5 Å². The lowest BCUT2D eigenvalue weighted by molar-refractivity contribution is 0.283. The number of nitrogens with one attached hydrogen (secondary N) is 1. The van der Waals surface area contributed by atoms with Crippen LogP contribution < -0.4 is 14.8 Å². The summed E-state index contributed by atoms with van der Waals surface area (Å²) in [6.45, 7) is 5.69. The lowest BCUT2D eigenvalue weighted by Gasteiger charge is -2.16. The van der Waals surface area contributed by atoms with Crippen molar-refractivity contribution in [1.82, 2.24) is 5.32 Å². The first-order valence-corrected chi connectivity index (χ1v) is 10.3. The summed E-state index contributed by atoms with van der Waals surface area (Å²) in [4.78, 5) is 0. The Morgan fingerprint density at radius 2 is 1.60 bits per heavy atom.